The first-order valence-corrected chi connectivity index (χ1v) is 3.58. The summed E-state index contributed by atoms with van der Waals surface area (Å²) in [6.07, 6.45) is 5.17. The molecule has 1 nitrogen and oxygen atoms in total. The van der Waals surface area contributed by atoms with Gasteiger partial charge in [0.15, 0.2) is 0 Å². The number of aldehydes is 1. The lowest BCUT2D eigenvalue weighted by molar-refractivity contribution is -0.107. The predicted molar refractivity (Wildman–Crippen MR) is 46.2 cm³/mol. The van der Waals surface area contributed by atoms with Gasteiger partial charge in [-0.3, -0.25) is 0 Å². The molecule has 0 spiro atoms. The molecule has 0 aliphatic carbocycles. The Labute approximate surface area is 66.4 Å². The second kappa shape index (κ2) is 4.45. The topological polar surface area (TPSA) is 17.1 Å². The van der Waals surface area contributed by atoms with Crippen molar-refractivity contribution in [2.75, 3.05) is 0 Å². The molecule has 11 heavy (non-hydrogen) atoms. The molecule has 1 rings (SSSR count). The predicted octanol–water partition coefficient (Wildman–Crippen LogP) is 2.29. The maximum atomic E-state index is 9.94. The van der Waals surface area contributed by atoms with Crippen molar-refractivity contribution >= 4 is 12.4 Å². The van der Waals surface area contributed by atoms with Crippen LogP contribution in [0.5, 0.6) is 0 Å². The van der Waals surface area contributed by atoms with Crippen LogP contribution in [0.2, 0.25) is 0 Å². The fourth-order valence-corrected chi connectivity index (χ4v) is 0.824. The highest BCUT2D eigenvalue weighted by Gasteiger charge is 1.80. The maximum Gasteiger partial charge on any atom is 0.123 e. The summed E-state index contributed by atoms with van der Waals surface area (Å²) >= 11 is 0. The standard InChI is InChI=1S/C10H10O/c11-9-5-4-8-10-6-2-1-3-7-10/h1-4,6-9H,5H2/b8-4-. The molecular formula is C10H10O. The molecule has 1 aromatic rings. The Bertz CT molecular complexity index is 236. The second-order valence-corrected chi connectivity index (χ2v) is 2.22. The van der Waals surface area contributed by atoms with Gasteiger partial charge in [0.25, 0.3) is 0 Å². The van der Waals surface area contributed by atoms with Crippen LogP contribution in [0.15, 0.2) is 36.4 Å². The van der Waals surface area contributed by atoms with Gasteiger partial charge in [0.2, 0.25) is 0 Å². The van der Waals surface area contributed by atoms with Gasteiger partial charge in [-0.15, -0.1) is 0 Å². The number of carbonyl (C=O) groups is 1. The lowest BCUT2D eigenvalue weighted by Crippen LogP contribution is -1.69. The first-order chi connectivity index (χ1) is 5.43. The molecule has 0 heterocycles. The van der Waals surface area contributed by atoms with Crippen molar-refractivity contribution in [2.24, 2.45) is 0 Å². The highest BCUT2D eigenvalue weighted by atomic mass is 16.1. The zero-order valence-corrected chi connectivity index (χ0v) is 6.23. The SMILES string of the molecule is O=CC/C=C\c1ccccc1. The quantitative estimate of drug-likeness (QED) is 0.598. The van der Waals surface area contributed by atoms with Crippen LogP contribution in [0.1, 0.15) is 12.0 Å². The monoisotopic (exact) mass is 146 g/mol. The third kappa shape index (κ3) is 2.80. The molecule has 56 valence electrons. The maximum absolute atomic E-state index is 9.94. The molecular weight excluding hydrogens is 136 g/mol. The zero-order valence-electron chi connectivity index (χ0n) is 6.23. The third-order valence-electron chi connectivity index (χ3n) is 1.34. The van der Waals surface area contributed by atoms with Crippen LogP contribution in [0.25, 0.3) is 6.08 Å². The Morgan fingerprint density at radius 1 is 1.18 bits per heavy atom. The lowest BCUT2D eigenvalue weighted by atomic mass is 10.2. The average molecular weight is 146 g/mol. The number of carbonyl (C=O) groups excluding carboxylic acids is 1. The summed E-state index contributed by atoms with van der Waals surface area (Å²) in [5, 5.41) is 0. The summed E-state index contributed by atoms with van der Waals surface area (Å²) in [5.41, 5.74) is 1.13. The van der Waals surface area contributed by atoms with Gasteiger partial charge >= 0.3 is 0 Å². The Kier molecular flexibility index (Phi) is 3.13. The van der Waals surface area contributed by atoms with Crippen LogP contribution in [0, 0.1) is 0 Å². The van der Waals surface area contributed by atoms with E-state index in [9.17, 15) is 4.79 Å². The van der Waals surface area contributed by atoms with Crippen molar-refractivity contribution in [3.05, 3.63) is 42.0 Å². The van der Waals surface area contributed by atoms with Crippen LogP contribution in [-0.2, 0) is 4.79 Å². The Hall–Kier alpha value is -1.37. The van der Waals surface area contributed by atoms with Gasteiger partial charge in [-0.2, -0.15) is 0 Å². The summed E-state index contributed by atoms with van der Waals surface area (Å²) in [5.74, 6) is 0. The largest absolute Gasteiger partial charge is 0.303 e. The Morgan fingerprint density at radius 3 is 2.55 bits per heavy atom. The molecule has 1 aromatic carbocycles. The van der Waals surface area contributed by atoms with Gasteiger partial charge in [-0.25, -0.2) is 0 Å². The van der Waals surface area contributed by atoms with Gasteiger partial charge in [0, 0.05) is 6.42 Å². The van der Waals surface area contributed by atoms with Crippen molar-refractivity contribution in [1.82, 2.24) is 0 Å². The average Bonchev–Trinajstić information content (AvgIpc) is 2.07. The first kappa shape index (κ1) is 7.73. The molecule has 0 radical (unpaired) electrons. The van der Waals surface area contributed by atoms with Gasteiger partial charge in [-0.05, 0) is 5.56 Å². The Morgan fingerprint density at radius 2 is 1.91 bits per heavy atom. The van der Waals surface area contributed by atoms with E-state index in [1.807, 2.05) is 42.5 Å². The van der Waals surface area contributed by atoms with Gasteiger partial charge in [0.1, 0.15) is 6.29 Å². The smallest absolute Gasteiger partial charge is 0.123 e. The molecule has 0 saturated heterocycles. The van der Waals surface area contributed by atoms with E-state index < -0.39 is 0 Å². The van der Waals surface area contributed by atoms with Crippen LogP contribution in [-0.4, -0.2) is 6.29 Å². The molecule has 0 saturated carbocycles. The van der Waals surface area contributed by atoms with Gasteiger partial charge in [-0.1, -0.05) is 42.5 Å². The number of benzene rings is 1. The van der Waals surface area contributed by atoms with Crippen LogP contribution in [0.3, 0.4) is 0 Å². The summed E-state index contributed by atoms with van der Waals surface area (Å²) < 4.78 is 0. The first-order valence-electron chi connectivity index (χ1n) is 3.58. The van der Waals surface area contributed by atoms with Crippen molar-refractivity contribution in [2.45, 2.75) is 6.42 Å². The number of hydrogen-bond acceptors (Lipinski definition) is 1. The van der Waals surface area contributed by atoms with Crippen LogP contribution >= 0.6 is 0 Å². The molecule has 0 atom stereocenters. The van der Waals surface area contributed by atoms with Crippen molar-refractivity contribution in [1.29, 1.82) is 0 Å². The fraction of sp³-hybridized carbons (Fsp3) is 0.100. The minimum Gasteiger partial charge on any atom is -0.303 e. The van der Waals surface area contributed by atoms with E-state index in [0.717, 1.165) is 11.8 Å². The van der Waals surface area contributed by atoms with E-state index >= 15 is 0 Å². The molecule has 0 amide bonds. The second-order valence-electron chi connectivity index (χ2n) is 2.22. The normalized spacial score (nSPS) is 10.2. The fourth-order valence-electron chi connectivity index (χ4n) is 0.824. The molecule has 1 heteroatoms. The van der Waals surface area contributed by atoms with E-state index in [-0.39, 0.29) is 0 Å². The van der Waals surface area contributed by atoms with E-state index in [4.69, 9.17) is 0 Å². The van der Waals surface area contributed by atoms with E-state index in [1.165, 1.54) is 0 Å². The third-order valence-corrected chi connectivity index (χ3v) is 1.34. The minimum atomic E-state index is 0.495. The molecule has 0 fully saturated rings. The number of hydrogen-bond donors (Lipinski definition) is 0. The molecule has 0 aliphatic rings. The molecule has 0 aliphatic heterocycles. The molecule has 0 bridgehead atoms. The van der Waals surface area contributed by atoms with Crippen molar-refractivity contribution < 1.29 is 4.79 Å². The van der Waals surface area contributed by atoms with E-state index in [2.05, 4.69) is 0 Å². The van der Waals surface area contributed by atoms with Crippen LogP contribution < -0.4 is 0 Å². The van der Waals surface area contributed by atoms with Gasteiger partial charge < -0.3 is 4.79 Å². The molecule has 0 unspecified atom stereocenters. The zero-order chi connectivity index (χ0) is 7.94. The summed E-state index contributed by atoms with van der Waals surface area (Å²) in [6.45, 7) is 0. The highest BCUT2D eigenvalue weighted by molar-refractivity contribution is 5.57. The Balaban J connectivity index is 2.57. The van der Waals surface area contributed by atoms with E-state index in [1.54, 1.807) is 0 Å². The summed E-state index contributed by atoms with van der Waals surface area (Å²) in [4.78, 5) is 9.94. The van der Waals surface area contributed by atoms with Crippen molar-refractivity contribution in [3.63, 3.8) is 0 Å². The molecule has 0 N–H and O–H groups in total. The number of rotatable bonds is 3. The summed E-state index contributed by atoms with van der Waals surface area (Å²) in [7, 11) is 0. The summed E-state index contributed by atoms with van der Waals surface area (Å²) in [6, 6.07) is 9.92. The minimum absolute atomic E-state index is 0.495. The van der Waals surface area contributed by atoms with E-state index in [0.29, 0.717) is 6.42 Å². The lowest BCUT2D eigenvalue weighted by Gasteiger charge is -1.88. The molecule has 0 aromatic heterocycles. The van der Waals surface area contributed by atoms with Crippen molar-refractivity contribution in [3.8, 4) is 0 Å². The highest BCUT2D eigenvalue weighted by Crippen LogP contribution is 2.00. The van der Waals surface area contributed by atoms with Gasteiger partial charge in [0.05, 0.1) is 0 Å². The number of allylic oxidation sites excluding steroid dienone is 1. The van der Waals surface area contributed by atoms with Crippen LogP contribution in [0.4, 0.5) is 0 Å².